The van der Waals surface area contributed by atoms with Crippen molar-refractivity contribution in [1.29, 1.82) is 0 Å². The van der Waals surface area contributed by atoms with Crippen LogP contribution in [-0.2, 0) is 0 Å². The number of para-hydroxylation sites is 1. The predicted molar refractivity (Wildman–Crippen MR) is 143 cm³/mol. The smallest absolute Gasteiger partial charge is 0.261 e. The van der Waals surface area contributed by atoms with Crippen LogP contribution in [0.3, 0.4) is 0 Å². The molecule has 0 heterocycles. The van der Waals surface area contributed by atoms with E-state index in [1.807, 2.05) is 17.0 Å². The SMILES string of the molecule is CCCCCCOc1ccccc1C(=O)NC(=S)Nc1cccc(C(=O)N(CCC)CCC)c1. The van der Waals surface area contributed by atoms with Crippen LogP contribution in [0, 0.1) is 0 Å². The maximum absolute atomic E-state index is 12.9. The zero-order valence-corrected chi connectivity index (χ0v) is 21.4. The van der Waals surface area contributed by atoms with Crippen LogP contribution in [0.2, 0.25) is 0 Å². The minimum atomic E-state index is -0.342. The van der Waals surface area contributed by atoms with Crippen molar-refractivity contribution >= 4 is 34.8 Å². The van der Waals surface area contributed by atoms with E-state index in [4.69, 9.17) is 17.0 Å². The molecule has 0 aliphatic heterocycles. The number of hydrogen-bond donors (Lipinski definition) is 2. The molecule has 2 aromatic carbocycles. The van der Waals surface area contributed by atoms with E-state index >= 15 is 0 Å². The summed E-state index contributed by atoms with van der Waals surface area (Å²) < 4.78 is 5.84. The maximum atomic E-state index is 12.9. The van der Waals surface area contributed by atoms with Crippen molar-refractivity contribution in [3.63, 3.8) is 0 Å². The average Bonchev–Trinajstić information content (AvgIpc) is 2.83. The Kier molecular flexibility index (Phi) is 12.1. The Labute approximate surface area is 209 Å². The maximum Gasteiger partial charge on any atom is 0.261 e. The molecule has 2 aromatic rings. The molecule has 0 bridgehead atoms. The van der Waals surface area contributed by atoms with E-state index in [1.54, 1.807) is 36.4 Å². The van der Waals surface area contributed by atoms with Crippen LogP contribution in [0.5, 0.6) is 5.75 Å². The number of benzene rings is 2. The van der Waals surface area contributed by atoms with Gasteiger partial charge in [-0.05, 0) is 61.8 Å². The Morgan fingerprint density at radius 2 is 1.65 bits per heavy atom. The number of carbonyl (C=O) groups excluding carboxylic acids is 2. The lowest BCUT2D eigenvalue weighted by molar-refractivity contribution is 0.0755. The summed E-state index contributed by atoms with van der Waals surface area (Å²) in [5.74, 6) is 0.192. The van der Waals surface area contributed by atoms with Crippen molar-refractivity contribution < 1.29 is 14.3 Å². The predicted octanol–water partition coefficient (Wildman–Crippen LogP) is 6.03. The second kappa shape index (κ2) is 15.1. The van der Waals surface area contributed by atoms with Crippen molar-refractivity contribution in [2.24, 2.45) is 0 Å². The van der Waals surface area contributed by atoms with Crippen LogP contribution in [0.4, 0.5) is 5.69 Å². The minimum absolute atomic E-state index is 0.00711. The normalized spacial score (nSPS) is 10.4. The molecular formula is C27H37N3O3S. The van der Waals surface area contributed by atoms with Gasteiger partial charge in [0.25, 0.3) is 11.8 Å². The van der Waals surface area contributed by atoms with Gasteiger partial charge >= 0.3 is 0 Å². The first kappa shape index (κ1) is 27.3. The number of nitrogens with one attached hydrogen (secondary N) is 2. The fourth-order valence-corrected chi connectivity index (χ4v) is 3.80. The van der Waals surface area contributed by atoms with Gasteiger partial charge in [-0.2, -0.15) is 0 Å². The largest absolute Gasteiger partial charge is 0.493 e. The first-order valence-electron chi connectivity index (χ1n) is 12.2. The molecular weight excluding hydrogens is 446 g/mol. The first-order chi connectivity index (χ1) is 16.5. The van der Waals surface area contributed by atoms with Gasteiger partial charge < -0.3 is 15.0 Å². The lowest BCUT2D eigenvalue weighted by atomic mass is 10.1. The van der Waals surface area contributed by atoms with Gasteiger partial charge in [-0.1, -0.05) is 58.2 Å². The number of ether oxygens (including phenoxy) is 1. The highest BCUT2D eigenvalue weighted by Gasteiger charge is 2.16. The van der Waals surface area contributed by atoms with Gasteiger partial charge in [0.2, 0.25) is 0 Å². The summed E-state index contributed by atoms with van der Waals surface area (Å²) in [4.78, 5) is 27.6. The number of hydrogen-bond acceptors (Lipinski definition) is 4. The first-order valence-corrected chi connectivity index (χ1v) is 12.6. The summed E-state index contributed by atoms with van der Waals surface area (Å²) >= 11 is 5.36. The standard InChI is InChI=1S/C27H37N3O3S/c1-4-7-8-11-19-33-24-16-10-9-15-23(24)25(31)29-27(34)28-22-14-12-13-21(20-22)26(32)30(17-5-2)18-6-3/h9-10,12-16,20H,4-8,11,17-19H2,1-3H3,(H2,28,29,31,34). The third-order valence-corrected chi connectivity index (χ3v) is 5.46. The van der Waals surface area contributed by atoms with Crippen molar-refractivity contribution in [1.82, 2.24) is 10.2 Å². The summed E-state index contributed by atoms with van der Waals surface area (Å²) in [6.45, 7) is 8.30. The van der Waals surface area contributed by atoms with E-state index < -0.39 is 0 Å². The van der Waals surface area contributed by atoms with Crippen LogP contribution in [-0.4, -0.2) is 41.5 Å². The van der Waals surface area contributed by atoms with E-state index in [9.17, 15) is 9.59 Å². The Bertz CT molecular complexity index is 942. The molecule has 0 aliphatic carbocycles. The Hall–Kier alpha value is -2.93. The molecule has 0 aliphatic rings. The second-order valence-electron chi connectivity index (χ2n) is 8.19. The molecule has 0 spiro atoms. The van der Waals surface area contributed by atoms with Gasteiger partial charge in [-0.25, -0.2) is 0 Å². The molecule has 0 fully saturated rings. The molecule has 0 unspecified atom stereocenters. The van der Waals surface area contributed by atoms with Crippen molar-refractivity contribution in [2.75, 3.05) is 25.0 Å². The van der Waals surface area contributed by atoms with Crippen LogP contribution in [0.15, 0.2) is 48.5 Å². The molecule has 184 valence electrons. The number of unbranched alkanes of at least 4 members (excludes halogenated alkanes) is 3. The molecule has 0 atom stereocenters. The summed E-state index contributed by atoms with van der Waals surface area (Å²) in [6.07, 6.45) is 6.21. The van der Waals surface area contributed by atoms with Crippen molar-refractivity contribution in [2.45, 2.75) is 59.3 Å². The molecule has 6 nitrogen and oxygen atoms in total. The number of rotatable bonds is 13. The summed E-state index contributed by atoms with van der Waals surface area (Å²) in [5, 5.41) is 5.89. The Morgan fingerprint density at radius 1 is 0.912 bits per heavy atom. The topological polar surface area (TPSA) is 70.7 Å². The number of nitrogens with zero attached hydrogens (tertiary/aromatic N) is 1. The quantitative estimate of drug-likeness (QED) is 0.269. The van der Waals surface area contributed by atoms with Crippen LogP contribution >= 0.6 is 12.2 Å². The van der Waals surface area contributed by atoms with Crippen molar-refractivity contribution in [3.8, 4) is 5.75 Å². The monoisotopic (exact) mass is 483 g/mol. The molecule has 2 N–H and O–H groups in total. The second-order valence-corrected chi connectivity index (χ2v) is 8.59. The Balaban J connectivity index is 1.99. The zero-order valence-electron chi connectivity index (χ0n) is 20.6. The van der Waals surface area contributed by atoms with Gasteiger partial charge in [0, 0.05) is 24.3 Å². The fourth-order valence-electron chi connectivity index (χ4n) is 3.59. The number of anilines is 1. The number of carbonyl (C=O) groups is 2. The molecule has 0 radical (unpaired) electrons. The van der Waals surface area contributed by atoms with Gasteiger partial charge in [0.15, 0.2) is 5.11 Å². The van der Waals surface area contributed by atoms with Gasteiger partial charge in [0.1, 0.15) is 5.75 Å². The highest BCUT2D eigenvalue weighted by Crippen LogP contribution is 2.19. The molecule has 7 heteroatoms. The van der Waals surface area contributed by atoms with E-state index in [1.165, 1.54) is 6.42 Å². The Morgan fingerprint density at radius 3 is 2.35 bits per heavy atom. The molecule has 0 saturated carbocycles. The van der Waals surface area contributed by atoms with Gasteiger partial charge in [0.05, 0.1) is 12.2 Å². The van der Waals surface area contributed by atoms with E-state index in [0.29, 0.717) is 29.2 Å². The molecule has 0 saturated heterocycles. The van der Waals surface area contributed by atoms with Gasteiger partial charge in [-0.15, -0.1) is 0 Å². The summed E-state index contributed by atoms with van der Waals surface area (Å²) in [7, 11) is 0. The highest BCUT2D eigenvalue weighted by molar-refractivity contribution is 7.80. The lowest BCUT2D eigenvalue weighted by Gasteiger charge is -2.22. The molecule has 0 aromatic heterocycles. The molecule has 34 heavy (non-hydrogen) atoms. The van der Waals surface area contributed by atoms with Crippen LogP contribution < -0.4 is 15.4 Å². The number of amides is 2. The number of thiocarbonyl (C=S) groups is 1. The lowest BCUT2D eigenvalue weighted by Crippen LogP contribution is -2.34. The molecule has 2 rings (SSSR count). The minimum Gasteiger partial charge on any atom is -0.493 e. The third-order valence-electron chi connectivity index (χ3n) is 5.26. The van der Waals surface area contributed by atoms with Crippen molar-refractivity contribution in [3.05, 3.63) is 59.7 Å². The summed E-state index contributed by atoms with van der Waals surface area (Å²) in [6, 6.07) is 14.3. The highest BCUT2D eigenvalue weighted by atomic mass is 32.1. The van der Waals surface area contributed by atoms with Crippen LogP contribution in [0.1, 0.15) is 80.0 Å². The summed E-state index contributed by atoms with van der Waals surface area (Å²) in [5.41, 5.74) is 1.66. The zero-order chi connectivity index (χ0) is 24.8. The molecule has 2 amide bonds. The third kappa shape index (κ3) is 8.78. The van der Waals surface area contributed by atoms with E-state index in [0.717, 1.165) is 45.2 Å². The van der Waals surface area contributed by atoms with E-state index in [-0.39, 0.29) is 16.9 Å². The van der Waals surface area contributed by atoms with Crippen LogP contribution in [0.25, 0.3) is 0 Å². The van der Waals surface area contributed by atoms with Gasteiger partial charge in [-0.3, -0.25) is 14.9 Å². The van der Waals surface area contributed by atoms with E-state index in [2.05, 4.69) is 31.4 Å². The average molecular weight is 484 g/mol. The fraction of sp³-hybridized carbons (Fsp3) is 0.444.